The van der Waals surface area contributed by atoms with Crippen LogP contribution in [-0.4, -0.2) is 34.9 Å². The SMILES string of the molecule is CCOC(C)=O.C[C@H](O)C(=O)O. The van der Waals surface area contributed by atoms with Crippen LogP contribution in [0.2, 0.25) is 0 Å². The van der Waals surface area contributed by atoms with Crippen molar-refractivity contribution in [3.05, 3.63) is 0 Å². The average molecular weight is 178 g/mol. The summed E-state index contributed by atoms with van der Waals surface area (Å²) in [4.78, 5) is 19.3. The lowest BCUT2D eigenvalue weighted by atomic mass is 10.4. The molecule has 0 amide bonds. The molecule has 1 atom stereocenters. The summed E-state index contributed by atoms with van der Waals surface area (Å²) in [5.74, 6) is -1.40. The number of esters is 1. The second-order valence-corrected chi connectivity index (χ2v) is 1.94. The number of aliphatic hydroxyl groups excluding tert-OH is 1. The predicted octanol–water partition coefficient (Wildman–Crippen LogP) is 0.0212. The predicted molar refractivity (Wildman–Crippen MR) is 41.6 cm³/mol. The fourth-order valence-corrected chi connectivity index (χ4v) is 0.203. The third-order valence-corrected chi connectivity index (χ3v) is 0.705. The van der Waals surface area contributed by atoms with E-state index >= 15 is 0 Å². The standard InChI is InChI=1S/C4H8O2.C3H6O3/c1-3-6-4(2)5;1-2(4)3(5)6/h3H2,1-2H3;2,4H,1H3,(H,5,6)/t;2-/m.0/s1. The molecule has 5 nitrogen and oxygen atoms in total. The molecule has 0 aromatic heterocycles. The number of rotatable bonds is 2. The van der Waals surface area contributed by atoms with Gasteiger partial charge in [-0.2, -0.15) is 0 Å². The minimum absolute atomic E-state index is 0.211. The van der Waals surface area contributed by atoms with E-state index in [9.17, 15) is 9.59 Å². The van der Waals surface area contributed by atoms with Crippen molar-refractivity contribution in [2.24, 2.45) is 0 Å². The molecule has 2 N–H and O–H groups in total. The van der Waals surface area contributed by atoms with Crippen molar-refractivity contribution in [3.63, 3.8) is 0 Å². The molecule has 5 heteroatoms. The van der Waals surface area contributed by atoms with Crippen LogP contribution in [-0.2, 0) is 14.3 Å². The van der Waals surface area contributed by atoms with Gasteiger partial charge in [0.1, 0.15) is 6.10 Å². The van der Waals surface area contributed by atoms with Crippen molar-refractivity contribution >= 4 is 11.9 Å². The Balaban J connectivity index is 0. The number of ether oxygens (including phenoxy) is 1. The molecule has 0 heterocycles. The fourth-order valence-electron chi connectivity index (χ4n) is 0.203. The zero-order chi connectivity index (χ0) is 10.1. The van der Waals surface area contributed by atoms with E-state index in [2.05, 4.69) is 4.74 Å². The smallest absolute Gasteiger partial charge is 0.332 e. The summed E-state index contributed by atoms with van der Waals surface area (Å²) in [6.45, 7) is 4.85. The van der Waals surface area contributed by atoms with Crippen LogP contribution in [0.25, 0.3) is 0 Å². The highest BCUT2D eigenvalue weighted by molar-refractivity contribution is 5.71. The number of carbonyl (C=O) groups excluding carboxylic acids is 1. The van der Waals surface area contributed by atoms with Gasteiger partial charge in [0.05, 0.1) is 6.61 Å². The zero-order valence-corrected chi connectivity index (χ0v) is 7.40. The summed E-state index contributed by atoms with van der Waals surface area (Å²) < 4.78 is 4.40. The van der Waals surface area contributed by atoms with Crippen LogP contribution < -0.4 is 0 Å². The highest BCUT2D eigenvalue weighted by atomic mass is 16.5. The van der Waals surface area contributed by atoms with E-state index in [4.69, 9.17) is 10.2 Å². The molecule has 0 aliphatic rings. The maximum atomic E-state index is 9.82. The van der Waals surface area contributed by atoms with Crippen molar-refractivity contribution in [1.82, 2.24) is 0 Å². The number of carbonyl (C=O) groups is 2. The summed E-state index contributed by atoms with van der Waals surface area (Å²) in [5, 5.41) is 15.8. The molecule has 0 aliphatic heterocycles. The second-order valence-electron chi connectivity index (χ2n) is 1.94. The van der Waals surface area contributed by atoms with Crippen molar-refractivity contribution < 1.29 is 24.5 Å². The van der Waals surface area contributed by atoms with Gasteiger partial charge in [-0.25, -0.2) is 4.79 Å². The number of carboxylic acid groups (broad SMARTS) is 1. The van der Waals surface area contributed by atoms with Gasteiger partial charge >= 0.3 is 11.9 Å². The van der Waals surface area contributed by atoms with E-state index in [1.54, 1.807) is 6.92 Å². The molecule has 0 spiro atoms. The first-order chi connectivity index (χ1) is 5.41. The first-order valence-corrected chi connectivity index (χ1v) is 3.46. The van der Waals surface area contributed by atoms with Crippen molar-refractivity contribution in [1.29, 1.82) is 0 Å². The molecular formula is C7H14O5. The Morgan fingerprint density at radius 3 is 1.83 bits per heavy atom. The molecule has 0 aliphatic carbocycles. The van der Waals surface area contributed by atoms with Gasteiger partial charge in [0.25, 0.3) is 0 Å². The normalized spacial score (nSPS) is 10.7. The van der Waals surface area contributed by atoms with Crippen molar-refractivity contribution in [2.45, 2.75) is 26.9 Å². The van der Waals surface area contributed by atoms with Gasteiger partial charge in [0.2, 0.25) is 0 Å². The Kier molecular flexibility index (Phi) is 8.99. The van der Waals surface area contributed by atoms with E-state index < -0.39 is 12.1 Å². The molecule has 0 fully saturated rings. The van der Waals surface area contributed by atoms with Gasteiger partial charge in [-0.15, -0.1) is 0 Å². The third kappa shape index (κ3) is 16.0. The summed E-state index contributed by atoms with van der Waals surface area (Å²) >= 11 is 0. The van der Waals surface area contributed by atoms with Gasteiger partial charge < -0.3 is 14.9 Å². The van der Waals surface area contributed by atoms with E-state index in [0.29, 0.717) is 6.61 Å². The monoisotopic (exact) mass is 178 g/mol. The van der Waals surface area contributed by atoms with Crippen LogP contribution >= 0.6 is 0 Å². The number of aliphatic carboxylic acids is 1. The molecule has 12 heavy (non-hydrogen) atoms. The lowest BCUT2D eigenvalue weighted by Gasteiger charge is -1.89. The second kappa shape index (κ2) is 8.00. The van der Waals surface area contributed by atoms with Crippen LogP contribution in [0.15, 0.2) is 0 Å². The summed E-state index contributed by atoms with van der Waals surface area (Å²) in [7, 11) is 0. The quantitative estimate of drug-likeness (QED) is 0.582. The summed E-state index contributed by atoms with van der Waals surface area (Å²) in [6, 6.07) is 0. The molecule has 0 aromatic rings. The number of hydrogen-bond acceptors (Lipinski definition) is 4. The highest BCUT2D eigenvalue weighted by Gasteiger charge is 2.01. The van der Waals surface area contributed by atoms with E-state index in [1.807, 2.05) is 0 Å². The average Bonchev–Trinajstić information content (AvgIpc) is 1.87. The molecule has 0 aromatic carbocycles. The third-order valence-electron chi connectivity index (χ3n) is 0.705. The Bertz CT molecular complexity index is 141. The van der Waals surface area contributed by atoms with Crippen molar-refractivity contribution in [3.8, 4) is 0 Å². The number of aliphatic hydroxyl groups is 1. The molecular weight excluding hydrogens is 164 g/mol. The van der Waals surface area contributed by atoms with Crippen LogP contribution in [0.1, 0.15) is 20.8 Å². The molecule has 0 saturated carbocycles. The maximum absolute atomic E-state index is 9.82. The first-order valence-electron chi connectivity index (χ1n) is 3.46. The highest BCUT2D eigenvalue weighted by Crippen LogP contribution is 1.73. The maximum Gasteiger partial charge on any atom is 0.332 e. The summed E-state index contributed by atoms with van der Waals surface area (Å²) in [6.07, 6.45) is -1.23. The first kappa shape index (κ1) is 13.5. The number of carboxylic acids is 1. The molecule has 0 rings (SSSR count). The lowest BCUT2D eigenvalue weighted by Crippen LogP contribution is -2.13. The van der Waals surface area contributed by atoms with E-state index in [0.717, 1.165) is 0 Å². The van der Waals surface area contributed by atoms with Gasteiger partial charge in [-0.3, -0.25) is 4.79 Å². The summed E-state index contributed by atoms with van der Waals surface area (Å²) in [5.41, 5.74) is 0. The number of hydrogen-bond donors (Lipinski definition) is 2. The Morgan fingerprint density at radius 1 is 1.50 bits per heavy atom. The topological polar surface area (TPSA) is 83.8 Å². The molecule has 0 bridgehead atoms. The Morgan fingerprint density at radius 2 is 1.83 bits per heavy atom. The van der Waals surface area contributed by atoms with Crippen LogP contribution in [0, 0.1) is 0 Å². The minimum atomic E-state index is -1.23. The van der Waals surface area contributed by atoms with E-state index in [1.165, 1.54) is 13.8 Å². The van der Waals surface area contributed by atoms with Crippen LogP contribution in [0.4, 0.5) is 0 Å². The van der Waals surface area contributed by atoms with Gasteiger partial charge in [0.15, 0.2) is 0 Å². The molecule has 0 radical (unpaired) electrons. The van der Waals surface area contributed by atoms with Gasteiger partial charge in [-0.1, -0.05) is 0 Å². The molecule has 0 unspecified atom stereocenters. The van der Waals surface area contributed by atoms with Crippen molar-refractivity contribution in [2.75, 3.05) is 6.61 Å². The van der Waals surface area contributed by atoms with Crippen LogP contribution in [0.5, 0.6) is 0 Å². The largest absolute Gasteiger partial charge is 0.479 e. The molecule has 0 saturated heterocycles. The Hall–Kier alpha value is -1.10. The zero-order valence-electron chi connectivity index (χ0n) is 7.40. The fraction of sp³-hybridized carbons (Fsp3) is 0.714. The minimum Gasteiger partial charge on any atom is -0.479 e. The lowest BCUT2D eigenvalue weighted by molar-refractivity contribution is -0.145. The Labute approximate surface area is 71.0 Å². The van der Waals surface area contributed by atoms with Gasteiger partial charge in [0, 0.05) is 6.92 Å². The van der Waals surface area contributed by atoms with Crippen LogP contribution in [0.3, 0.4) is 0 Å². The molecule has 72 valence electrons. The van der Waals surface area contributed by atoms with Gasteiger partial charge in [-0.05, 0) is 13.8 Å². The van der Waals surface area contributed by atoms with E-state index in [-0.39, 0.29) is 5.97 Å².